The van der Waals surface area contributed by atoms with E-state index >= 15 is 0 Å². The second-order valence-electron chi connectivity index (χ2n) is 5.03. The summed E-state index contributed by atoms with van der Waals surface area (Å²) in [5.74, 6) is 0.625. The molecule has 0 spiro atoms. The SMILES string of the molecule is NS(=O)(=O)c1ccc(OC2CCCC2)c2ncccc12. The molecule has 20 heavy (non-hydrogen) atoms. The molecule has 1 heterocycles. The standard InChI is InChI=1S/C14H16N2O3S/c15-20(17,18)13-8-7-12(19-10-4-1-2-5-10)14-11(13)6-3-9-16-14/h3,6-10H,1-2,4-5H2,(H2,15,17,18). The van der Waals surface area contributed by atoms with Gasteiger partial charge in [0.15, 0.2) is 0 Å². The Labute approximate surface area is 117 Å². The van der Waals surface area contributed by atoms with Crippen LogP contribution in [0, 0.1) is 0 Å². The topological polar surface area (TPSA) is 82.3 Å². The molecule has 0 aliphatic heterocycles. The number of fused-ring (bicyclic) bond motifs is 1. The Kier molecular flexibility index (Phi) is 3.35. The Morgan fingerprint density at radius 3 is 2.65 bits per heavy atom. The fourth-order valence-electron chi connectivity index (χ4n) is 2.65. The van der Waals surface area contributed by atoms with Gasteiger partial charge in [-0.25, -0.2) is 13.6 Å². The number of nitrogens with zero attached hydrogens (tertiary/aromatic N) is 1. The highest BCUT2D eigenvalue weighted by atomic mass is 32.2. The minimum Gasteiger partial charge on any atom is -0.488 e. The lowest BCUT2D eigenvalue weighted by Gasteiger charge is -2.15. The van der Waals surface area contributed by atoms with Gasteiger partial charge in [0.2, 0.25) is 10.0 Å². The number of aromatic nitrogens is 1. The maximum atomic E-state index is 11.6. The number of sulfonamides is 1. The van der Waals surface area contributed by atoms with Gasteiger partial charge in [-0.15, -0.1) is 0 Å². The lowest BCUT2D eigenvalue weighted by atomic mass is 10.2. The summed E-state index contributed by atoms with van der Waals surface area (Å²) in [7, 11) is -3.77. The predicted octanol–water partition coefficient (Wildman–Crippen LogP) is 2.20. The molecule has 1 aromatic carbocycles. The van der Waals surface area contributed by atoms with E-state index in [-0.39, 0.29) is 11.0 Å². The van der Waals surface area contributed by atoms with Crippen molar-refractivity contribution in [3.8, 4) is 5.75 Å². The molecule has 0 amide bonds. The second-order valence-corrected chi connectivity index (χ2v) is 6.56. The van der Waals surface area contributed by atoms with Crippen LogP contribution in [-0.2, 0) is 10.0 Å². The van der Waals surface area contributed by atoms with Crippen molar-refractivity contribution in [3.63, 3.8) is 0 Å². The summed E-state index contributed by atoms with van der Waals surface area (Å²) in [4.78, 5) is 4.34. The maximum Gasteiger partial charge on any atom is 0.238 e. The maximum absolute atomic E-state index is 11.6. The van der Waals surface area contributed by atoms with Crippen molar-refractivity contribution in [3.05, 3.63) is 30.5 Å². The summed E-state index contributed by atoms with van der Waals surface area (Å²) in [6, 6.07) is 6.52. The molecule has 5 nitrogen and oxygen atoms in total. The van der Waals surface area contributed by atoms with Crippen LogP contribution in [0.3, 0.4) is 0 Å². The Morgan fingerprint density at radius 1 is 1.20 bits per heavy atom. The van der Waals surface area contributed by atoms with E-state index < -0.39 is 10.0 Å². The van der Waals surface area contributed by atoms with Gasteiger partial charge in [-0.05, 0) is 49.9 Å². The lowest BCUT2D eigenvalue weighted by molar-refractivity contribution is 0.212. The van der Waals surface area contributed by atoms with Crippen LogP contribution < -0.4 is 9.88 Å². The van der Waals surface area contributed by atoms with E-state index in [4.69, 9.17) is 9.88 Å². The van der Waals surface area contributed by atoms with Crippen molar-refractivity contribution in [2.45, 2.75) is 36.7 Å². The largest absolute Gasteiger partial charge is 0.488 e. The molecule has 1 saturated carbocycles. The average Bonchev–Trinajstić information content (AvgIpc) is 2.90. The van der Waals surface area contributed by atoms with E-state index in [9.17, 15) is 8.42 Å². The second kappa shape index (κ2) is 5.03. The summed E-state index contributed by atoms with van der Waals surface area (Å²) in [6.07, 6.45) is 6.23. The molecule has 0 unspecified atom stereocenters. The molecular weight excluding hydrogens is 276 g/mol. The molecule has 106 valence electrons. The van der Waals surface area contributed by atoms with Gasteiger partial charge in [-0.3, -0.25) is 4.98 Å². The first-order valence-corrected chi connectivity index (χ1v) is 8.17. The van der Waals surface area contributed by atoms with Crippen LogP contribution in [0.1, 0.15) is 25.7 Å². The highest BCUT2D eigenvalue weighted by molar-refractivity contribution is 7.89. The highest BCUT2D eigenvalue weighted by Gasteiger charge is 2.20. The van der Waals surface area contributed by atoms with Gasteiger partial charge in [-0.2, -0.15) is 0 Å². The van der Waals surface area contributed by atoms with E-state index in [1.807, 2.05) is 0 Å². The first-order chi connectivity index (χ1) is 9.55. The number of hydrogen-bond donors (Lipinski definition) is 1. The Bertz CT molecular complexity index is 737. The van der Waals surface area contributed by atoms with Gasteiger partial charge in [0.1, 0.15) is 11.3 Å². The number of primary sulfonamides is 1. The third-order valence-corrected chi connectivity index (χ3v) is 4.56. The summed E-state index contributed by atoms with van der Waals surface area (Å²) < 4.78 is 29.2. The third kappa shape index (κ3) is 2.48. The first-order valence-electron chi connectivity index (χ1n) is 6.63. The van der Waals surface area contributed by atoms with Crippen molar-refractivity contribution in [2.24, 2.45) is 5.14 Å². The molecule has 1 aromatic heterocycles. The predicted molar refractivity (Wildman–Crippen MR) is 76.0 cm³/mol. The van der Waals surface area contributed by atoms with Crippen molar-refractivity contribution in [2.75, 3.05) is 0 Å². The highest BCUT2D eigenvalue weighted by Crippen LogP contribution is 2.32. The quantitative estimate of drug-likeness (QED) is 0.940. The van der Waals surface area contributed by atoms with Gasteiger partial charge >= 0.3 is 0 Å². The zero-order valence-electron chi connectivity index (χ0n) is 11.0. The third-order valence-electron chi connectivity index (χ3n) is 3.60. The summed E-state index contributed by atoms with van der Waals surface area (Å²) in [5.41, 5.74) is 0.547. The molecular formula is C14H16N2O3S. The van der Waals surface area contributed by atoms with E-state index in [0.29, 0.717) is 16.7 Å². The first kappa shape index (κ1) is 13.3. The number of nitrogens with two attached hydrogens (primary N) is 1. The van der Waals surface area contributed by atoms with Gasteiger partial charge in [0, 0.05) is 11.6 Å². The summed E-state index contributed by atoms with van der Waals surface area (Å²) in [6.45, 7) is 0. The Morgan fingerprint density at radius 2 is 1.95 bits per heavy atom. The molecule has 0 bridgehead atoms. The van der Waals surface area contributed by atoms with E-state index in [1.54, 1.807) is 24.4 Å². The Balaban J connectivity index is 2.11. The number of rotatable bonds is 3. The van der Waals surface area contributed by atoms with E-state index in [0.717, 1.165) is 12.8 Å². The summed E-state index contributed by atoms with van der Waals surface area (Å²) in [5, 5.41) is 5.75. The van der Waals surface area contributed by atoms with Gasteiger partial charge in [-0.1, -0.05) is 0 Å². The zero-order chi connectivity index (χ0) is 14.2. The number of benzene rings is 1. The van der Waals surface area contributed by atoms with Crippen LogP contribution in [0.5, 0.6) is 5.75 Å². The van der Waals surface area contributed by atoms with E-state index in [1.165, 1.54) is 18.9 Å². The normalized spacial score (nSPS) is 16.6. The van der Waals surface area contributed by atoms with Gasteiger partial charge in [0.25, 0.3) is 0 Å². The molecule has 0 atom stereocenters. The molecule has 2 aromatic rings. The van der Waals surface area contributed by atoms with Crippen LogP contribution in [0.4, 0.5) is 0 Å². The van der Waals surface area contributed by atoms with Crippen molar-refractivity contribution in [1.82, 2.24) is 4.98 Å². The van der Waals surface area contributed by atoms with Crippen molar-refractivity contribution in [1.29, 1.82) is 0 Å². The van der Waals surface area contributed by atoms with Crippen LogP contribution >= 0.6 is 0 Å². The van der Waals surface area contributed by atoms with E-state index in [2.05, 4.69) is 4.98 Å². The number of hydrogen-bond acceptors (Lipinski definition) is 4. The smallest absolute Gasteiger partial charge is 0.238 e. The molecule has 3 rings (SSSR count). The molecule has 1 aliphatic carbocycles. The van der Waals surface area contributed by atoms with Gasteiger partial charge < -0.3 is 4.74 Å². The van der Waals surface area contributed by atoms with Crippen molar-refractivity contribution < 1.29 is 13.2 Å². The number of ether oxygens (including phenoxy) is 1. The van der Waals surface area contributed by atoms with Crippen LogP contribution in [0.2, 0.25) is 0 Å². The average molecular weight is 292 g/mol. The fraction of sp³-hybridized carbons (Fsp3) is 0.357. The fourth-order valence-corrected chi connectivity index (χ4v) is 3.38. The molecule has 1 fully saturated rings. The monoisotopic (exact) mass is 292 g/mol. The van der Waals surface area contributed by atoms with Crippen molar-refractivity contribution >= 4 is 20.9 Å². The minimum atomic E-state index is -3.77. The molecule has 0 radical (unpaired) electrons. The molecule has 0 saturated heterocycles. The zero-order valence-corrected chi connectivity index (χ0v) is 11.8. The number of pyridine rings is 1. The van der Waals surface area contributed by atoms with Gasteiger partial charge in [0.05, 0.1) is 11.0 Å². The van der Waals surface area contributed by atoms with Crippen LogP contribution in [-0.4, -0.2) is 19.5 Å². The summed E-state index contributed by atoms with van der Waals surface area (Å²) >= 11 is 0. The Hall–Kier alpha value is -1.66. The minimum absolute atomic E-state index is 0.0828. The molecule has 6 heteroatoms. The van der Waals surface area contributed by atoms with Crippen LogP contribution in [0.25, 0.3) is 10.9 Å². The lowest BCUT2D eigenvalue weighted by Crippen LogP contribution is -2.14. The van der Waals surface area contributed by atoms with Crippen LogP contribution in [0.15, 0.2) is 35.4 Å². The molecule has 2 N–H and O–H groups in total. The molecule has 1 aliphatic rings.